The van der Waals surface area contributed by atoms with Gasteiger partial charge in [0, 0.05) is 83.0 Å². The Hall–Kier alpha value is -15.9. The van der Waals surface area contributed by atoms with Crippen molar-refractivity contribution in [3.05, 3.63) is 449 Å². The van der Waals surface area contributed by atoms with Gasteiger partial charge in [0.25, 0.3) is 0 Å². The van der Waals surface area contributed by atoms with E-state index in [0.717, 1.165) is 202 Å². The Balaban J connectivity index is 0.644. The fourth-order valence-corrected chi connectivity index (χ4v) is 17.6. The summed E-state index contributed by atoms with van der Waals surface area (Å²) < 4.78 is 4.44. The van der Waals surface area contributed by atoms with Gasteiger partial charge in [-0.2, -0.15) is 0 Å². The van der Waals surface area contributed by atoms with Crippen molar-refractivity contribution in [3.8, 4) is 202 Å². The lowest BCUT2D eigenvalue weighted by Gasteiger charge is -2.18. The summed E-state index contributed by atoms with van der Waals surface area (Å²) in [6, 6.07) is 140. The first-order chi connectivity index (χ1) is 61.1. The van der Waals surface area contributed by atoms with E-state index in [4.69, 9.17) is 19.9 Å². The Morgan fingerprint density at radius 2 is 0.411 bits per heavy atom. The molecule has 0 radical (unpaired) electrons. The van der Waals surface area contributed by atoms with Crippen LogP contribution in [0.25, 0.3) is 202 Å². The predicted molar refractivity (Wildman–Crippen MR) is 512 cm³/mol. The third kappa shape index (κ3) is 15.4. The SMILES string of the molecule is CC(C)c1ccccc1-n1ccnc1-c1ccc(-c2ccccc2-c2cc(-c3ccccc3-c3ccc(-c4nccn4-c4ccccc4C(C)C)cc3)cc(-c3ccccc3-c3ccc(-c4ccc(-c5ccccc5-c5cc(-c6ccccc6-c6ccc(-c7ccccn7)cc6)cc(-c6ccccc6-c6ccc(-c7ccccn7)cc6)c5)cn4)nc3)c2)cc1. The number of aromatic nitrogens is 8. The summed E-state index contributed by atoms with van der Waals surface area (Å²) in [6.45, 7) is 8.97. The molecule has 14 aromatic carbocycles. The minimum absolute atomic E-state index is 0.348. The van der Waals surface area contributed by atoms with Crippen LogP contribution in [0.4, 0.5) is 0 Å². The molecule has 0 spiro atoms. The Bertz CT molecular complexity index is 6890. The number of pyridine rings is 4. The zero-order valence-corrected chi connectivity index (χ0v) is 69.3. The molecule has 0 aliphatic carbocycles. The highest BCUT2D eigenvalue weighted by atomic mass is 15.1. The average Bonchev–Trinajstić information content (AvgIpc) is 1.01. The quantitative estimate of drug-likeness (QED) is 0.0712. The third-order valence-electron chi connectivity index (χ3n) is 23.8. The Kier molecular flexibility index (Phi) is 21.1. The number of rotatable bonds is 21. The number of hydrogen-bond acceptors (Lipinski definition) is 6. The largest absolute Gasteiger partial charge is 0.300 e. The van der Waals surface area contributed by atoms with Crippen LogP contribution in [0.1, 0.15) is 50.7 Å². The van der Waals surface area contributed by atoms with E-state index in [1.165, 1.54) is 11.1 Å². The van der Waals surface area contributed by atoms with Gasteiger partial charge in [-0.25, -0.2) is 9.97 Å². The molecule has 0 fully saturated rings. The molecule has 8 nitrogen and oxygen atoms in total. The van der Waals surface area contributed by atoms with Gasteiger partial charge in [-0.15, -0.1) is 0 Å². The van der Waals surface area contributed by atoms with Gasteiger partial charge in [-0.05, 0) is 230 Å². The minimum Gasteiger partial charge on any atom is -0.300 e. The van der Waals surface area contributed by atoms with Crippen LogP contribution in [0.2, 0.25) is 0 Å². The van der Waals surface area contributed by atoms with E-state index in [2.05, 4.69) is 423 Å². The van der Waals surface area contributed by atoms with E-state index in [9.17, 15) is 0 Å². The number of imidazole rings is 2. The number of para-hydroxylation sites is 2. The Morgan fingerprint density at radius 1 is 0.177 bits per heavy atom. The van der Waals surface area contributed by atoms with E-state index < -0.39 is 0 Å². The van der Waals surface area contributed by atoms with Crippen LogP contribution < -0.4 is 0 Å². The lowest BCUT2D eigenvalue weighted by molar-refractivity contribution is 0.847. The van der Waals surface area contributed by atoms with Crippen LogP contribution in [0.15, 0.2) is 438 Å². The summed E-state index contributed by atoms with van der Waals surface area (Å²) in [7, 11) is 0. The van der Waals surface area contributed by atoms with Gasteiger partial charge in [0.2, 0.25) is 0 Å². The topological polar surface area (TPSA) is 87.2 Å². The summed E-state index contributed by atoms with van der Waals surface area (Å²) in [4.78, 5) is 29.7. The van der Waals surface area contributed by atoms with Gasteiger partial charge in [0.1, 0.15) is 11.6 Å². The molecule has 0 aliphatic rings. The average molecular weight is 1590 g/mol. The zero-order valence-electron chi connectivity index (χ0n) is 69.3. The maximum absolute atomic E-state index is 5.25. The van der Waals surface area contributed by atoms with E-state index in [-0.39, 0.29) is 0 Å². The lowest BCUT2D eigenvalue weighted by atomic mass is 9.86. The molecular formula is C116H86N8. The van der Waals surface area contributed by atoms with Crippen molar-refractivity contribution in [1.82, 2.24) is 39.0 Å². The molecule has 0 amide bonds. The summed E-state index contributed by atoms with van der Waals surface area (Å²) in [5.41, 5.74) is 38.8. The van der Waals surface area contributed by atoms with Crippen LogP contribution in [0.5, 0.6) is 0 Å². The summed E-state index contributed by atoms with van der Waals surface area (Å²) in [5, 5.41) is 0. The van der Waals surface area contributed by atoms with E-state index >= 15 is 0 Å². The molecule has 0 aliphatic heterocycles. The van der Waals surface area contributed by atoms with Crippen molar-refractivity contribution in [2.45, 2.75) is 39.5 Å². The Morgan fingerprint density at radius 3 is 0.669 bits per heavy atom. The van der Waals surface area contributed by atoms with Crippen molar-refractivity contribution >= 4 is 0 Å². The second-order valence-corrected chi connectivity index (χ2v) is 32.1. The zero-order chi connectivity index (χ0) is 83.4. The fourth-order valence-electron chi connectivity index (χ4n) is 17.6. The molecule has 8 heteroatoms. The van der Waals surface area contributed by atoms with Crippen LogP contribution in [0.3, 0.4) is 0 Å². The van der Waals surface area contributed by atoms with Crippen molar-refractivity contribution < 1.29 is 0 Å². The highest BCUT2D eigenvalue weighted by Gasteiger charge is 2.23. The molecule has 0 saturated heterocycles. The van der Waals surface area contributed by atoms with Gasteiger partial charge < -0.3 is 0 Å². The molecular weight excluding hydrogens is 1510 g/mol. The molecule has 0 bridgehead atoms. The molecule has 20 aromatic rings. The molecule has 20 rings (SSSR count). The van der Waals surface area contributed by atoms with Crippen molar-refractivity contribution in [2.24, 2.45) is 0 Å². The van der Waals surface area contributed by atoms with Gasteiger partial charge >= 0.3 is 0 Å². The smallest absolute Gasteiger partial charge is 0.144 e. The molecule has 590 valence electrons. The summed E-state index contributed by atoms with van der Waals surface area (Å²) >= 11 is 0. The number of benzene rings is 14. The van der Waals surface area contributed by atoms with E-state index in [1.807, 2.05) is 61.4 Å². The van der Waals surface area contributed by atoms with Crippen molar-refractivity contribution in [2.75, 3.05) is 0 Å². The molecule has 6 aromatic heterocycles. The highest BCUT2D eigenvalue weighted by Crippen LogP contribution is 2.47. The third-order valence-corrected chi connectivity index (χ3v) is 23.8. The predicted octanol–water partition coefficient (Wildman–Crippen LogP) is 30.2. The molecule has 0 unspecified atom stereocenters. The number of hydrogen-bond donors (Lipinski definition) is 0. The first kappa shape index (κ1) is 76.8. The highest BCUT2D eigenvalue weighted by molar-refractivity contribution is 5.97. The van der Waals surface area contributed by atoms with Crippen LogP contribution in [-0.4, -0.2) is 39.0 Å². The second kappa shape index (κ2) is 34.1. The van der Waals surface area contributed by atoms with Crippen LogP contribution in [-0.2, 0) is 0 Å². The van der Waals surface area contributed by atoms with Crippen molar-refractivity contribution in [3.63, 3.8) is 0 Å². The standard InChI is InChI=1S/C116H86N8/c1-77(2)95-25-17-19-41-113(95)123-67-65-119-115(123)85-55-47-81(48-56-85)99-29-7-13-35-105(99)91-70-92(106-36-14-8-30-100(106)82-49-57-86(58-50-82)116-120-66-68-124(116)114-42-20-18-26-96(114)78(3)4)74-94(73-91)108-38-16-10-32-102(108)88-60-62-112(122-76-88)111-61-59-87(75-121-111)101-31-9-15-37-107(101)93-71-89(103-33-11-5-27-97(103)79-43-51-83(52-44-79)109-39-21-23-63-117-109)69-90(72-93)104-34-12-6-28-98(104)80-45-53-84(54-46-80)110-40-22-24-64-118-110/h5-78H,1-4H3. The minimum atomic E-state index is 0.348. The monoisotopic (exact) mass is 1590 g/mol. The Labute approximate surface area is 724 Å². The summed E-state index contributed by atoms with van der Waals surface area (Å²) in [6.07, 6.45) is 15.6. The molecule has 0 saturated carbocycles. The molecule has 124 heavy (non-hydrogen) atoms. The fraction of sp³-hybridized carbons (Fsp3) is 0.0517. The van der Waals surface area contributed by atoms with E-state index in [1.54, 1.807) is 0 Å². The van der Waals surface area contributed by atoms with Crippen molar-refractivity contribution in [1.29, 1.82) is 0 Å². The van der Waals surface area contributed by atoms with Crippen LogP contribution >= 0.6 is 0 Å². The maximum atomic E-state index is 5.25. The normalized spacial score (nSPS) is 11.4. The molecule has 6 heterocycles. The van der Waals surface area contributed by atoms with Gasteiger partial charge in [-0.1, -0.05) is 331 Å². The lowest BCUT2D eigenvalue weighted by Crippen LogP contribution is -2.02. The summed E-state index contributed by atoms with van der Waals surface area (Å²) in [5.74, 6) is 2.50. The maximum Gasteiger partial charge on any atom is 0.144 e. The second-order valence-electron chi connectivity index (χ2n) is 32.1. The van der Waals surface area contributed by atoms with Gasteiger partial charge in [0.15, 0.2) is 0 Å². The van der Waals surface area contributed by atoms with Crippen LogP contribution in [0, 0.1) is 0 Å². The van der Waals surface area contributed by atoms with Gasteiger partial charge in [0.05, 0.1) is 34.2 Å². The first-order valence-corrected chi connectivity index (χ1v) is 42.4. The first-order valence-electron chi connectivity index (χ1n) is 42.4. The molecule has 0 N–H and O–H groups in total. The van der Waals surface area contributed by atoms with E-state index in [0.29, 0.717) is 11.8 Å². The molecule has 0 atom stereocenters. The number of nitrogens with zero attached hydrogens (tertiary/aromatic N) is 8. The van der Waals surface area contributed by atoms with Gasteiger partial charge in [-0.3, -0.25) is 29.1 Å².